The third kappa shape index (κ3) is 2.05. The summed E-state index contributed by atoms with van der Waals surface area (Å²) in [5.41, 5.74) is 12.5. The number of nitrogens with zero attached hydrogens (tertiary/aromatic N) is 3. The Morgan fingerprint density at radius 1 is 0.571 bits per heavy atom. The van der Waals surface area contributed by atoms with Crippen LogP contribution in [0.3, 0.4) is 0 Å². The lowest BCUT2D eigenvalue weighted by Gasteiger charge is -2.35. The normalized spacial score (nSPS) is 14.9. The van der Waals surface area contributed by atoms with Gasteiger partial charge in [-0.3, -0.25) is 0 Å². The highest BCUT2D eigenvalue weighted by Gasteiger charge is 2.65. The molecule has 0 N–H and O–H groups in total. The number of rotatable bonds is 1. The summed E-state index contributed by atoms with van der Waals surface area (Å²) in [4.78, 5) is 2.48. The summed E-state index contributed by atoms with van der Waals surface area (Å²) < 4.78 is 5.16. The second-order valence-electron chi connectivity index (χ2n) is 10.1. The smallest absolute Gasteiger partial charge is 0.174 e. The van der Waals surface area contributed by atoms with Crippen LogP contribution >= 0.6 is 0 Å². The molecule has 3 aromatic carbocycles. The molecule has 5 aromatic rings. The lowest BCUT2D eigenvalue weighted by Crippen LogP contribution is -2.76. The molecule has 0 saturated heterocycles. The zero-order valence-corrected chi connectivity index (χ0v) is 20.1. The second-order valence-corrected chi connectivity index (χ2v) is 10.1. The van der Waals surface area contributed by atoms with E-state index in [0.717, 1.165) is 0 Å². The maximum atomic E-state index is 2.58. The zero-order valence-electron chi connectivity index (χ0n) is 20.1. The molecule has 0 amide bonds. The predicted molar refractivity (Wildman–Crippen MR) is 138 cm³/mol. The van der Waals surface area contributed by atoms with Crippen LogP contribution < -0.4 is 14.0 Å². The zero-order chi connectivity index (χ0) is 23.5. The second kappa shape index (κ2) is 6.25. The van der Waals surface area contributed by atoms with Gasteiger partial charge in [-0.2, -0.15) is 14.0 Å². The maximum absolute atomic E-state index is 2.58. The van der Waals surface area contributed by atoms with E-state index in [1.54, 1.807) is 0 Å². The van der Waals surface area contributed by atoms with E-state index in [1.165, 1.54) is 67.7 Å². The average Bonchev–Trinajstić information content (AvgIpc) is 3.34. The number of fused-ring (bicyclic) bond motifs is 4. The SMILES string of the molecule is Cc1cc(C)c(N2c3cccc4[n+]3C3(c5ccccc5-4)c4ccccc4-c4cccc2[n+]43)c(C)c1. The summed E-state index contributed by atoms with van der Waals surface area (Å²) in [5.74, 6) is 2.39. The third-order valence-electron chi connectivity index (χ3n) is 8.06. The molecule has 35 heavy (non-hydrogen) atoms. The topological polar surface area (TPSA) is 11.0 Å². The van der Waals surface area contributed by atoms with Crippen LogP contribution in [0.15, 0.2) is 97.1 Å². The van der Waals surface area contributed by atoms with Crippen molar-refractivity contribution in [3.8, 4) is 22.5 Å². The molecule has 0 fully saturated rings. The highest BCUT2D eigenvalue weighted by atomic mass is 15.5. The van der Waals surface area contributed by atoms with E-state index in [4.69, 9.17) is 0 Å². The van der Waals surface area contributed by atoms with Gasteiger partial charge in [-0.1, -0.05) is 54.1 Å². The van der Waals surface area contributed by atoms with E-state index < -0.39 is 5.66 Å². The summed E-state index contributed by atoms with van der Waals surface area (Å²) in [6.45, 7) is 6.66. The number of pyridine rings is 2. The average molecular weight is 452 g/mol. The standard InChI is InChI=1S/C32H25N3/c1-20-18-21(2)31(22(3)19-20)33-29-16-8-14-27-23-10-4-6-12-25(23)32(34(27)29)26-13-7-5-11-24(26)28-15-9-17-30(33)35(28)32/h4-19H,1-3H3/q+2. The van der Waals surface area contributed by atoms with Gasteiger partial charge in [0, 0.05) is 23.3 Å². The van der Waals surface area contributed by atoms with Crippen molar-refractivity contribution >= 4 is 17.3 Å². The van der Waals surface area contributed by atoms with Crippen LogP contribution in [0.25, 0.3) is 22.5 Å². The minimum atomic E-state index is -0.436. The Morgan fingerprint density at radius 2 is 1.06 bits per heavy atom. The molecule has 5 heterocycles. The molecule has 0 unspecified atom stereocenters. The lowest BCUT2D eigenvalue weighted by molar-refractivity contribution is -0.950. The van der Waals surface area contributed by atoms with Gasteiger partial charge in [0.25, 0.3) is 11.6 Å². The van der Waals surface area contributed by atoms with Crippen molar-refractivity contribution in [1.82, 2.24) is 0 Å². The Morgan fingerprint density at radius 3 is 1.57 bits per heavy atom. The van der Waals surface area contributed by atoms with E-state index in [-0.39, 0.29) is 0 Å². The fraction of sp³-hybridized carbons (Fsp3) is 0.125. The summed E-state index contributed by atoms with van der Waals surface area (Å²) in [7, 11) is 0. The van der Waals surface area contributed by atoms with Crippen molar-refractivity contribution in [2.75, 3.05) is 4.90 Å². The van der Waals surface area contributed by atoms with Gasteiger partial charge in [0.05, 0.1) is 11.1 Å². The van der Waals surface area contributed by atoms with Gasteiger partial charge in [-0.05, 0) is 68.3 Å². The molecule has 2 aromatic heterocycles. The first-order chi connectivity index (χ1) is 17.1. The van der Waals surface area contributed by atoms with Crippen molar-refractivity contribution < 1.29 is 9.13 Å². The molecular formula is C32H25N3+2. The van der Waals surface area contributed by atoms with Gasteiger partial charge < -0.3 is 0 Å². The minimum absolute atomic E-state index is 0.436. The molecule has 8 rings (SSSR count). The van der Waals surface area contributed by atoms with Crippen LogP contribution in [-0.4, -0.2) is 0 Å². The molecular weight excluding hydrogens is 426 g/mol. The van der Waals surface area contributed by atoms with E-state index in [2.05, 4.69) is 132 Å². The van der Waals surface area contributed by atoms with Crippen molar-refractivity contribution in [2.24, 2.45) is 0 Å². The summed E-state index contributed by atoms with van der Waals surface area (Å²) in [5, 5.41) is 0. The first kappa shape index (κ1) is 19.1. The van der Waals surface area contributed by atoms with Gasteiger partial charge in [0.2, 0.25) is 0 Å². The van der Waals surface area contributed by atoms with Crippen molar-refractivity contribution in [3.05, 3.63) is 125 Å². The summed E-state index contributed by atoms with van der Waals surface area (Å²) >= 11 is 0. The van der Waals surface area contributed by atoms with Crippen LogP contribution in [0.5, 0.6) is 0 Å². The van der Waals surface area contributed by atoms with E-state index in [9.17, 15) is 0 Å². The number of aromatic nitrogens is 2. The fourth-order valence-electron chi connectivity index (χ4n) is 7.06. The van der Waals surface area contributed by atoms with Crippen molar-refractivity contribution in [1.29, 1.82) is 0 Å². The highest BCUT2D eigenvalue weighted by molar-refractivity contribution is 5.81. The quantitative estimate of drug-likeness (QED) is 0.269. The van der Waals surface area contributed by atoms with Crippen molar-refractivity contribution in [3.63, 3.8) is 0 Å². The largest absolute Gasteiger partial charge is 0.308 e. The Labute approximate surface area is 205 Å². The van der Waals surface area contributed by atoms with E-state index in [0.29, 0.717) is 0 Å². The van der Waals surface area contributed by atoms with Gasteiger partial charge in [0.1, 0.15) is 17.1 Å². The van der Waals surface area contributed by atoms with Gasteiger partial charge >= 0.3 is 5.66 Å². The molecule has 0 bridgehead atoms. The fourth-order valence-corrected chi connectivity index (χ4v) is 7.06. The van der Waals surface area contributed by atoms with E-state index >= 15 is 0 Å². The van der Waals surface area contributed by atoms with Crippen LogP contribution in [0, 0.1) is 20.8 Å². The Bertz CT molecular complexity index is 1620. The molecule has 166 valence electrons. The van der Waals surface area contributed by atoms with Gasteiger partial charge in [-0.15, -0.1) is 0 Å². The lowest BCUT2D eigenvalue weighted by atomic mass is 9.89. The summed E-state index contributed by atoms with van der Waals surface area (Å²) in [6, 6.07) is 36.0. The Kier molecular flexibility index (Phi) is 3.41. The molecule has 1 spiro atoms. The molecule has 0 radical (unpaired) electrons. The van der Waals surface area contributed by atoms with Crippen LogP contribution in [-0.2, 0) is 5.66 Å². The number of hydrogen-bond acceptors (Lipinski definition) is 1. The highest BCUT2D eigenvalue weighted by Crippen LogP contribution is 2.53. The molecule has 0 atom stereocenters. The first-order valence-corrected chi connectivity index (χ1v) is 12.3. The van der Waals surface area contributed by atoms with Gasteiger partial charge in [-0.25, -0.2) is 0 Å². The predicted octanol–water partition coefficient (Wildman–Crippen LogP) is 6.23. The van der Waals surface area contributed by atoms with E-state index in [1.807, 2.05) is 0 Å². The molecule has 3 aliphatic rings. The summed E-state index contributed by atoms with van der Waals surface area (Å²) in [6.07, 6.45) is 0. The molecule has 3 aliphatic heterocycles. The molecule has 3 heteroatoms. The first-order valence-electron chi connectivity index (χ1n) is 12.3. The minimum Gasteiger partial charge on any atom is -0.174 e. The monoisotopic (exact) mass is 451 g/mol. The Balaban J connectivity index is 1.62. The molecule has 0 aliphatic carbocycles. The number of hydrogen-bond donors (Lipinski definition) is 0. The number of aryl methyl sites for hydroxylation is 3. The van der Waals surface area contributed by atoms with Crippen LogP contribution in [0.4, 0.5) is 17.3 Å². The third-order valence-corrected chi connectivity index (χ3v) is 8.06. The van der Waals surface area contributed by atoms with Gasteiger partial charge in [0.15, 0.2) is 0 Å². The number of anilines is 3. The molecule has 0 saturated carbocycles. The molecule has 3 nitrogen and oxygen atoms in total. The van der Waals surface area contributed by atoms with Crippen LogP contribution in [0.1, 0.15) is 27.8 Å². The van der Waals surface area contributed by atoms with Crippen molar-refractivity contribution in [2.45, 2.75) is 26.4 Å². The van der Waals surface area contributed by atoms with Crippen LogP contribution in [0.2, 0.25) is 0 Å². The maximum Gasteiger partial charge on any atom is 0.308 e. The Hall–Kier alpha value is -4.24. The number of benzene rings is 3.